The van der Waals surface area contributed by atoms with E-state index < -0.39 is 4.92 Å². The minimum Gasteiger partial charge on any atom is -0.258 e. The maximum Gasteiger partial charge on any atom is 0.270 e. The highest BCUT2D eigenvalue weighted by Gasteiger charge is 2.08. The van der Waals surface area contributed by atoms with Crippen molar-refractivity contribution in [3.8, 4) is 0 Å². The van der Waals surface area contributed by atoms with Crippen LogP contribution in [0.1, 0.15) is 0 Å². The van der Waals surface area contributed by atoms with Gasteiger partial charge < -0.3 is 0 Å². The van der Waals surface area contributed by atoms with Crippen molar-refractivity contribution in [2.24, 2.45) is 0 Å². The Kier molecular flexibility index (Phi) is 1.77. The molecule has 6 heteroatoms. The van der Waals surface area contributed by atoms with Crippen molar-refractivity contribution in [1.82, 2.24) is 8.81 Å². The number of hydrogen-bond donors (Lipinski definition) is 0. The molecule has 0 aliphatic rings. The topological polar surface area (TPSA) is 61.0 Å². The maximum atomic E-state index is 10.4. The first-order valence-corrected chi connectivity index (χ1v) is 4.18. The van der Waals surface area contributed by atoms with Crippen LogP contribution in [0.3, 0.4) is 0 Å². The van der Waals surface area contributed by atoms with Crippen molar-refractivity contribution in [2.45, 2.75) is 0 Å². The van der Waals surface area contributed by atoms with Crippen molar-refractivity contribution in [3.05, 3.63) is 34.5 Å². The lowest BCUT2D eigenvalue weighted by atomic mass is 10.2. The van der Waals surface area contributed by atoms with Gasteiger partial charge in [0, 0.05) is 17.5 Å². The van der Waals surface area contributed by atoms with Gasteiger partial charge in [0.05, 0.1) is 32.8 Å². The minimum absolute atomic E-state index is 0.0769. The molecule has 0 radical (unpaired) electrons. The summed E-state index contributed by atoms with van der Waals surface area (Å²) in [6.45, 7) is 0. The van der Waals surface area contributed by atoms with Crippen molar-refractivity contribution >= 4 is 32.7 Å². The van der Waals surface area contributed by atoms with Gasteiger partial charge in [-0.25, -0.2) is 0 Å². The van der Waals surface area contributed by atoms with Crippen molar-refractivity contribution in [2.75, 3.05) is 0 Å². The van der Waals surface area contributed by atoms with E-state index >= 15 is 0 Å². The van der Waals surface area contributed by atoms with Crippen LogP contribution in [-0.4, -0.2) is 13.7 Å². The average molecular weight is 242 g/mol. The molecule has 1 heterocycles. The Labute approximate surface area is 81.5 Å². The summed E-state index contributed by atoms with van der Waals surface area (Å²) in [6.07, 6.45) is 1.57. The Morgan fingerprint density at radius 2 is 2.31 bits per heavy atom. The Bertz CT molecular complexity index is 480. The predicted octanol–water partition coefficient (Wildman–Crippen LogP) is 2.10. The number of non-ortho nitro benzene ring substituents is 1. The van der Waals surface area contributed by atoms with Gasteiger partial charge in [0.1, 0.15) is 0 Å². The summed E-state index contributed by atoms with van der Waals surface area (Å²) in [7, 11) is 0. The quantitative estimate of drug-likeness (QED) is 0.568. The molecule has 66 valence electrons. The zero-order valence-electron chi connectivity index (χ0n) is 6.35. The van der Waals surface area contributed by atoms with Crippen LogP contribution in [0.15, 0.2) is 24.4 Å². The summed E-state index contributed by atoms with van der Waals surface area (Å²) >= 11 is 3.16. The minimum atomic E-state index is -0.426. The first kappa shape index (κ1) is 8.18. The number of fused-ring (bicyclic) bond motifs is 1. The first-order chi connectivity index (χ1) is 6.18. The van der Waals surface area contributed by atoms with Crippen LogP contribution in [0.5, 0.6) is 0 Å². The largest absolute Gasteiger partial charge is 0.270 e. The summed E-state index contributed by atoms with van der Waals surface area (Å²) in [4.78, 5) is 9.99. The van der Waals surface area contributed by atoms with E-state index in [1.54, 1.807) is 12.3 Å². The SMILES string of the molecule is O=[N+]([O-])c1ccc2c(cnn2Br)c1. The third-order valence-electron chi connectivity index (χ3n) is 1.72. The van der Waals surface area contributed by atoms with Crippen LogP contribution >= 0.6 is 16.1 Å². The number of hydrogen-bond acceptors (Lipinski definition) is 3. The normalized spacial score (nSPS) is 10.5. The molecule has 0 saturated carbocycles. The Morgan fingerprint density at radius 3 is 3.00 bits per heavy atom. The van der Waals surface area contributed by atoms with Gasteiger partial charge in [-0.15, -0.1) is 0 Å². The Hall–Kier alpha value is -1.43. The molecule has 2 aromatic rings. The average Bonchev–Trinajstić information content (AvgIpc) is 2.47. The molecule has 0 spiro atoms. The predicted molar refractivity (Wildman–Crippen MR) is 50.7 cm³/mol. The maximum absolute atomic E-state index is 10.4. The molecule has 0 aliphatic heterocycles. The highest BCUT2D eigenvalue weighted by molar-refractivity contribution is 9.08. The number of rotatable bonds is 1. The lowest BCUT2D eigenvalue weighted by molar-refractivity contribution is -0.384. The summed E-state index contributed by atoms with van der Waals surface area (Å²) in [6, 6.07) is 4.58. The monoisotopic (exact) mass is 241 g/mol. The summed E-state index contributed by atoms with van der Waals surface area (Å²) in [5, 5.41) is 15.1. The molecule has 1 aromatic carbocycles. The van der Waals surface area contributed by atoms with Gasteiger partial charge in [-0.2, -0.15) is 8.81 Å². The molecule has 0 bridgehead atoms. The standard InChI is InChI=1S/C7H4BrN3O2/c8-10-7-2-1-6(11(12)13)3-5(7)4-9-10/h1-4H. The second kappa shape index (κ2) is 2.81. The van der Waals surface area contributed by atoms with Gasteiger partial charge in [-0.3, -0.25) is 10.1 Å². The zero-order valence-corrected chi connectivity index (χ0v) is 7.93. The number of halogens is 1. The summed E-state index contributed by atoms with van der Waals surface area (Å²) in [5.74, 6) is 0. The lowest BCUT2D eigenvalue weighted by Gasteiger charge is -1.91. The zero-order chi connectivity index (χ0) is 9.42. The highest BCUT2D eigenvalue weighted by atomic mass is 79.9. The van der Waals surface area contributed by atoms with E-state index in [-0.39, 0.29) is 5.69 Å². The van der Waals surface area contributed by atoms with Crippen LogP contribution < -0.4 is 0 Å². The molecular formula is C7H4BrN3O2. The molecule has 0 amide bonds. The third kappa shape index (κ3) is 1.29. The fraction of sp³-hybridized carbons (Fsp3) is 0. The molecule has 0 fully saturated rings. The van der Waals surface area contributed by atoms with Crippen LogP contribution in [0, 0.1) is 10.1 Å². The van der Waals surface area contributed by atoms with E-state index in [2.05, 4.69) is 21.2 Å². The van der Waals surface area contributed by atoms with Gasteiger partial charge in [0.25, 0.3) is 5.69 Å². The van der Waals surface area contributed by atoms with E-state index in [1.165, 1.54) is 15.8 Å². The van der Waals surface area contributed by atoms with E-state index in [4.69, 9.17) is 0 Å². The molecule has 0 atom stereocenters. The fourth-order valence-electron chi connectivity index (χ4n) is 1.10. The lowest BCUT2D eigenvalue weighted by Crippen LogP contribution is -1.87. The van der Waals surface area contributed by atoms with Gasteiger partial charge >= 0.3 is 0 Å². The van der Waals surface area contributed by atoms with Gasteiger partial charge in [-0.05, 0) is 6.07 Å². The van der Waals surface area contributed by atoms with Crippen LogP contribution in [-0.2, 0) is 0 Å². The van der Waals surface area contributed by atoms with E-state index in [1.807, 2.05) is 0 Å². The van der Waals surface area contributed by atoms with Crippen molar-refractivity contribution < 1.29 is 4.92 Å². The number of benzene rings is 1. The molecule has 5 nitrogen and oxygen atoms in total. The molecule has 0 aliphatic carbocycles. The Balaban J connectivity index is 2.70. The van der Waals surface area contributed by atoms with Crippen LogP contribution in [0.2, 0.25) is 0 Å². The van der Waals surface area contributed by atoms with E-state index in [9.17, 15) is 10.1 Å². The number of aromatic nitrogens is 2. The molecule has 13 heavy (non-hydrogen) atoms. The van der Waals surface area contributed by atoms with Crippen molar-refractivity contribution in [3.63, 3.8) is 0 Å². The highest BCUT2D eigenvalue weighted by Crippen LogP contribution is 2.21. The van der Waals surface area contributed by atoms with Crippen molar-refractivity contribution in [1.29, 1.82) is 0 Å². The second-order valence-corrected chi connectivity index (χ2v) is 3.18. The molecule has 0 unspecified atom stereocenters. The molecule has 0 N–H and O–H groups in total. The molecule has 2 rings (SSSR count). The smallest absolute Gasteiger partial charge is 0.258 e. The number of nitro benzene ring substituents is 1. The Morgan fingerprint density at radius 1 is 1.54 bits per heavy atom. The van der Waals surface area contributed by atoms with Gasteiger partial charge in [-0.1, -0.05) is 0 Å². The number of nitrogens with zero attached hydrogens (tertiary/aromatic N) is 3. The molecular weight excluding hydrogens is 238 g/mol. The third-order valence-corrected chi connectivity index (χ3v) is 2.28. The van der Waals surface area contributed by atoms with Gasteiger partial charge in [0.15, 0.2) is 0 Å². The van der Waals surface area contributed by atoms with E-state index in [0.717, 1.165) is 10.9 Å². The summed E-state index contributed by atoms with van der Waals surface area (Å²) < 4.78 is 1.49. The molecule has 1 aromatic heterocycles. The fourth-order valence-corrected chi connectivity index (χ4v) is 1.52. The number of nitro groups is 1. The summed E-state index contributed by atoms with van der Waals surface area (Å²) in [5.41, 5.74) is 0.888. The van der Waals surface area contributed by atoms with Gasteiger partial charge in [0.2, 0.25) is 0 Å². The molecule has 0 saturated heterocycles. The van der Waals surface area contributed by atoms with Crippen LogP contribution in [0.4, 0.5) is 5.69 Å². The second-order valence-electron chi connectivity index (χ2n) is 2.50. The van der Waals surface area contributed by atoms with E-state index in [0.29, 0.717) is 0 Å². The van der Waals surface area contributed by atoms with Crippen LogP contribution in [0.25, 0.3) is 10.9 Å². The first-order valence-electron chi connectivity index (χ1n) is 3.47.